The molecule has 0 unspecified atom stereocenters. The molecule has 0 spiro atoms. The number of nitrogens with one attached hydrogen (secondary N) is 1. The van der Waals surface area contributed by atoms with Crippen molar-refractivity contribution in [3.8, 4) is 17.2 Å². The van der Waals surface area contributed by atoms with Crippen LogP contribution in [-0.4, -0.2) is 16.9 Å². The van der Waals surface area contributed by atoms with Crippen molar-refractivity contribution in [3.05, 3.63) is 47.3 Å². The molecule has 0 fully saturated rings. The fourth-order valence-electron chi connectivity index (χ4n) is 2.13. The Hall–Kier alpha value is -2.27. The van der Waals surface area contributed by atoms with Crippen molar-refractivity contribution in [3.63, 3.8) is 0 Å². The molecule has 0 aliphatic carbocycles. The van der Waals surface area contributed by atoms with Crippen LogP contribution in [-0.2, 0) is 13.1 Å². The number of pyridine rings is 1. The molecule has 0 atom stereocenters. The molecule has 1 aliphatic rings. The van der Waals surface area contributed by atoms with Crippen LogP contribution in [0.15, 0.2) is 30.6 Å². The van der Waals surface area contributed by atoms with Crippen molar-refractivity contribution in [1.29, 1.82) is 0 Å². The molecule has 20 heavy (non-hydrogen) atoms. The third-order valence-electron chi connectivity index (χ3n) is 3.35. The Morgan fingerprint density at radius 1 is 1.20 bits per heavy atom. The number of aryl methyl sites for hydroxylation is 1. The summed E-state index contributed by atoms with van der Waals surface area (Å²) < 4.78 is 10.5. The van der Waals surface area contributed by atoms with Gasteiger partial charge >= 0.3 is 0 Å². The van der Waals surface area contributed by atoms with Gasteiger partial charge in [-0.25, -0.2) is 0 Å². The highest BCUT2D eigenvalue weighted by Crippen LogP contribution is 2.37. The number of nitrogens with zero attached hydrogens (tertiary/aromatic N) is 1. The molecule has 3 rings (SSSR count). The zero-order valence-corrected chi connectivity index (χ0v) is 11.2. The summed E-state index contributed by atoms with van der Waals surface area (Å²) in [6.45, 7) is 3.52. The lowest BCUT2D eigenvalue weighted by atomic mass is 10.1. The number of benzene rings is 1. The van der Waals surface area contributed by atoms with Crippen LogP contribution in [0, 0.1) is 6.92 Å². The van der Waals surface area contributed by atoms with Crippen LogP contribution < -0.4 is 14.8 Å². The average molecular weight is 272 g/mol. The van der Waals surface area contributed by atoms with E-state index in [9.17, 15) is 5.11 Å². The second kappa shape index (κ2) is 5.38. The molecular formula is C15H16N2O3. The number of phenols is 1. The van der Waals surface area contributed by atoms with Crippen molar-refractivity contribution in [2.75, 3.05) is 6.79 Å². The number of hydrogen-bond acceptors (Lipinski definition) is 5. The van der Waals surface area contributed by atoms with Gasteiger partial charge in [-0.1, -0.05) is 0 Å². The average Bonchev–Trinajstić information content (AvgIpc) is 2.88. The number of rotatable bonds is 4. The summed E-state index contributed by atoms with van der Waals surface area (Å²) in [5, 5.41) is 13.2. The summed E-state index contributed by atoms with van der Waals surface area (Å²) in [5.74, 6) is 1.48. The van der Waals surface area contributed by atoms with E-state index in [4.69, 9.17) is 9.47 Å². The second-order valence-corrected chi connectivity index (χ2v) is 4.74. The quantitative estimate of drug-likeness (QED) is 0.892. The Balaban J connectivity index is 1.66. The van der Waals surface area contributed by atoms with Crippen LogP contribution in [0.5, 0.6) is 17.2 Å². The number of fused-ring (bicyclic) bond motifs is 1. The maximum Gasteiger partial charge on any atom is 0.231 e. The van der Waals surface area contributed by atoms with E-state index in [2.05, 4.69) is 17.2 Å². The Morgan fingerprint density at radius 3 is 2.75 bits per heavy atom. The summed E-state index contributed by atoms with van der Waals surface area (Å²) in [4.78, 5) is 4.11. The van der Waals surface area contributed by atoms with Gasteiger partial charge in [-0.2, -0.15) is 0 Å². The smallest absolute Gasteiger partial charge is 0.231 e. The van der Waals surface area contributed by atoms with Gasteiger partial charge in [0.15, 0.2) is 11.5 Å². The first kappa shape index (κ1) is 12.7. The molecule has 1 aliphatic heterocycles. The predicted molar refractivity (Wildman–Crippen MR) is 73.7 cm³/mol. The molecule has 0 radical (unpaired) electrons. The number of hydrogen-bond donors (Lipinski definition) is 2. The maximum absolute atomic E-state index is 9.94. The second-order valence-electron chi connectivity index (χ2n) is 4.74. The third-order valence-corrected chi connectivity index (χ3v) is 3.35. The Labute approximate surface area is 117 Å². The van der Waals surface area contributed by atoms with Gasteiger partial charge in [-0.05, 0) is 30.2 Å². The molecule has 2 N–H and O–H groups in total. The molecule has 0 saturated carbocycles. The fraction of sp³-hybridized carbons (Fsp3) is 0.267. The molecule has 104 valence electrons. The molecule has 5 heteroatoms. The first-order valence-corrected chi connectivity index (χ1v) is 6.46. The molecular weight excluding hydrogens is 256 g/mol. The van der Waals surface area contributed by atoms with Crippen molar-refractivity contribution >= 4 is 0 Å². The van der Waals surface area contributed by atoms with E-state index in [1.165, 1.54) is 5.56 Å². The predicted octanol–water partition coefficient (Wildman–Crippen LogP) is 2.11. The molecule has 1 aromatic heterocycles. The van der Waals surface area contributed by atoms with Crippen LogP contribution in [0.4, 0.5) is 0 Å². The molecule has 5 nitrogen and oxygen atoms in total. The maximum atomic E-state index is 9.94. The zero-order chi connectivity index (χ0) is 13.9. The van der Waals surface area contributed by atoms with Crippen molar-refractivity contribution in [2.24, 2.45) is 0 Å². The van der Waals surface area contributed by atoms with E-state index in [0.29, 0.717) is 24.6 Å². The third kappa shape index (κ3) is 2.53. The van der Waals surface area contributed by atoms with Gasteiger partial charge in [0, 0.05) is 37.1 Å². The topological polar surface area (TPSA) is 63.6 Å². The lowest BCUT2D eigenvalue weighted by Crippen LogP contribution is -2.13. The number of phenolic OH excluding ortho intramolecular Hbond substituents is 1. The summed E-state index contributed by atoms with van der Waals surface area (Å²) in [6.07, 6.45) is 3.63. The Kier molecular flexibility index (Phi) is 3.43. The van der Waals surface area contributed by atoms with E-state index >= 15 is 0 Å². The highest BCUT2D eigenvalue weighted by molar-refractivity contribution is 5.51. The van der Waals surface area contributed by atoms with E-state index in [1.807, 2.05) is 12.3 Å². The minimum absolute atomic E-state index is 0.209. The minimum Gasteiger partial charge on any atom is -0.507 e. The van der Waals surface area contributed by atoms with Gasteiger partial charge in [-0.15, -0.1) is 0 Å². The Morgan fingerprint density at radius 2 is 1.95 bits per heavy atom. The van der Waals surface area contributed by atoms with Gasteiger partial charge in [0.1, 0.15) is 5.75 Å². The lowest BCUT2D eigenvalue weighted by molar-refractivity contribution is 0.174. The molecule has 0 amide bonds. The van der Waals surface area contributed by atoms with Gasteiger partial charge in [0.05, 0.1) is 0 Å². The molecule has 2 aromatic rings. The first-order valence-electron chi connectivity index (χ1n) is 6.46. The van der Waals surface area contributed by atoms with E-state index in [-0.39, 0.29) is 12.5 Å². The van der Waals surface area contributed by atoms with Crippen molar-refractivity contribution in [1.82, 2.24) is 10.3 Å². The largest absolute Gasteiger partial charge is 0.507 e. The highest BCUT2D eigenvalue weighted by atomic mass is 16.7. The lowest BCUT2D eigenvalue weighted by Gasteiger charge is -2.09. The summed E-state index contributed by atoms with van der Waals surface area (Å²) >= 11 is 0. The van der Waals surface area contributed by atoms with E-state index in [0.717, 1.165) is 11.1 Å². The number of ether oxygens (including phenoxy) is 2. The summed E-state index contributed by atoms with van der Waals surface area (Å²) in [5.41, 5.74) is 3.13. The fourth-order valence-corrected chi connectivity index (χ4v) is 2.13. The summed E-state index contributed by atoms with van der Waals surface area (Å²) in [7, 11) is 0. The van der Waals surface area contributed by atoms with Gasteiger partial charge < -0.3 is 19.9 Å². The monoisotopic (exact) mass is 272 g/mol. The van der Waals surface area contributed by atoms with Gasteiger partial charge in [0.25, 0.3) is 0 Å². The number of aromatic nitrogens is 1. The van der Waals surface area contributed by atoms with E-state index in [1.54, 1.807) is 18.3 Å². The SMILES string of the molecule is Cc1ccncc1CNCc1cc2c(cc1O)OCO2. The molecule has 0 saturated heterocycles. The Bertz CT molecular complexity index is 629. The van der Waals surface area contributed by atoms with Crippen LogP contribution >= 0.6 is 0 Å². The van der Waals surface area contributed by atoms with Crippen molar-refractivity contribution in [2.45, 2.75) is 20.0 Å². The van der Waals surface area contributed by atoms with Crippen LogP contribution in [0.25, 0.3) is 0 Å². The van der Waals surface area contributed by atoms with Crippen LogP contribution in [0.1, 0.15) is 16.7 Å². The van der Waals surface area contributed by atoms with Gasteiger partial charge in [-0.3, -0.25) is 4.98 Å². The van der Waals surface area contributed by atoms with Crippen LogP contribution in [0.2, 0.25) is 0 Å². The van der Waals surface area contributed by atoms with E-state index < -0.39 is 0 Å². The van der Waals surface area contributed by atoms with Gasteiger partial charge in [0.2, 0.25) is 6.79 Å². The normalized spacial score (nSPS) is 12.7. The van der Waals surface area contributed by atoms with Crippen molar-refractivity contribution < 1.29 is 14.6 Å². The molecule has 0 bridgehead atoms. The molecule has 2 heterocycles. The highest BCUT2D eigenvalue weighted by Gasteiger charge is 2.16. The number of aromatic hydroxyl groups is 1. The standard InChI is InChI=1S/C15H16N2O3/c1-10-2-3-16-7-12(10)8-17-6-11-4-14-15(5-13(11)18)20-9-19-14/h2-5,7,17-18H,6,8-9H2,1H3. The summed E-state index contributed by atoms with van der Waals surface area (Å²) in [6, 6.07) is 5.38. The van der Waals surface area contributed by atoms with Crippen LogP contribution in [0.3, 0.4) is 0 Å². The molecule has 1 aromatic carbocycles. The minimum atomic E-state index is 0.209. The zero-order valence-electron chi connectivity index (χ0n) is 11.2. The first-order chi connectivity index (χ1) is 9.74.